The molecule has 90 valence electrons. The Morgan fingerprint density at radius 3 is 2.44 bits per heavy atom. The van der Waals surface area contributed by atoms with Crippen molar-refractivity contribution in [3.05, 3.63) is 85.0 Å². The van der Waals surface area contributed by atoms with Crippen molar-refractivity contribution in [2.45, 2.75) is 6.42 Å². The number of nitrogens with one attached hydrogen (secondary N) is 1. The van der Waals surface area contributed by atoms with Gasteiger partial charge in [0.2, 0.25) is 0 Å². The van der Waals surface area contributed by atoms with Gasteiger partial charge in [-0.05, 0) is 30.2 Å². The zero-order valence-electron chi connectivity index (χ0n) is 10.3. The van der Waals surface area contributed by atoms with Crippen LogP contribution in [0.15, 0.2) is 79.4 Å². The van der Waals surface area contributed by atoms with Crippen LogP contribution in [-0.2, 0) is 6.42 Å². The van der Waals surface area contributed by atoms with Crippen molar-refractivity contribution >= 4 is 11.4 Å². The molecular weight excluding hydrogens is 218 g/mol. The minimum atomic E-state index is 0.905. The highest BCUT2D eigenvalue weighted by atomic mass is 14.9. The number of para-hydroxylation sites is 2. The summed E-state index contributed by atoms with van der Waals surface area (Å²) >= 11 is 0. The molecule has 1 N–H and O–H groups in total. The molecule has 2 aromatic rings. The molecule has 18 heavy (non-hydrogen) atoms. The van der Waals surface area contributed by atoms with Crippen LogP contribution in [0.1, 0.15) is 5.56 Å². The summed E-state index contributed by atoms with van der Waals surface area (Å²) in [6.07, 6.45) is 6.78. The van der Waals surface area contributed by atoms with Crippen LogP contribution in [0.25, 0.3) is 0 Å². The minimum absolute atomic E-state index is 0.905. The smallest absolute Gasteiger partial charge is 0.0419 e. The van der Waals surface area contributed by atoms with Gasteiger partial charge in [-0.25, -0.2) is 0 Å². The maximum atomic E-state index is 3.68. The van der Waals surface area contributed by atoms with Gasteiger partial charge in [0.05, 0.1) is 0 Å². The number of hydrogen-bond acceptors (Lipinski definition) is 1. The first-order chi connectivity index (χ1) is 8.90. The summed E-state index contributed by atoms with van der Waals surface area (Å²) in [4.78, 5) is 0. The van der Waals surface area contributed by atoms with E-state index in [0.29, 0.717) is 0 Å². The van der Waals surface area contributed by atoms with E-state index in [2.05, 4.69) is 48.3 Å². The summed E-state index contributed by atoms with van der Waals surface area (Å²) < 4.78 is 0. The SMILES string of the molecule is C=C/C=C\Cc1ccccc1Nc1ccccc1. The maximum Gasteiger partial charge on any atom is 0.0419 e. The van der Waals surface area contributed by atoms with Gasteiger partial charge in [0, 0.05) is 11.4 Å². The molecule has 1 heteroatoms. The molecule has 2 aromatic carbocycles. The highest BCUT2D eigenvalue weighted by Crippen LogP contribution is 2.21. The van der Waals surface area contributed by atoms with E-state index in [4.69, 9.17) is 0 Å². The first-order valence-electron chi connectivity index (χ1n) is 6.07. The fourth-order valence-corrected chi connectivity index (χ4v) is 1.79. The Hall–Kier alpha value is -2.28. The monoisotopic (exact) mass is 235 g/mol. The average molecular weight is 235 g/mol. The lowest BCUT2D eigenvalue weighted by atomic mass is 10.1. The zero-order valence-corrected chi connectivity index (χ0v) is 10.3. The molecular formula is C17H17N. The Balaban J connectivity index is 2.17. The molecule has 2 rings (SSSR count). The highest BCUT2D eigenvalue weighted by Gasteiger charge is 1.99. The third-order valence-electron chi connectivity index (χ3n) is 2.68. The van der Waals surface area contributed by atoms with Crippen molar-refractivity contribution in [1.29, 1.82) is 0 Å². The minimum Gasteiger partial charge on any atom is -0.355 e. The van der Waals surface area contributed by atoms with Crippen molar-refractivity contribution < 1.29 is 0 Å². The molecule has 0 aromatic heterocycles. The van der Waals surface area contributed by atoms with Gasteiger partial charge in [0.25, 0.3) is 0 Å². The van der Waals surface area contributed by atoms with E-state index >= 15 is 0 Å². The molecule has 0 fully saturated rings. The van der Waals surface area contributed by atoms with Crippen LogP contribution < -0.4 is 5.32 Å². The average Bonchev–Trinajstić information content (AvgIpc) is 2.42. The number of benzene rings is 2. The molecule has 0 spiro atoms. The molecule has 0 amide bonds. The first-order valence-corrected chi connectivity index (χ1v) is 6.07. The third-order valence-corrected chi connectivity index (χ3v) is 2.68. The summed E-state index contributed by atoms with van der Waals surface area (Å²) in [6, 6.07) is 18.6. The Morgan fingerprint density at radius 1 is 0.944 bits per heavy atom. The molecule has 0 saturated heterocycles. The number of allylic oxidation sites excluding steroid dienone is 3. The van der Waals surface area contributed by atoms with Crippen LogP contribution in [0.2, 0.25) is 0 Å². The summed E-state index contributed by atoms with van der Waals surface area (Å²) in [6.45, 7) is 3.68. The standard InChI is InChI=1S/C17H17N/c1-2-3-5-10-15-11-8-9-14-17(15)18-16-12-6-4-7-13-16/h2-9,11-14,18H,1,10H2/b5-3-. The molecule has 0 radical (unpaired) electrons. The topological polar surface area (TPSA) is 12.0 Å². The van der Waals surface area contributed by atoms with E-state index in [0.717, 1.165) is 17.8 Å². The third kappa shape index (κ3) is 3.36. The molecule has 0 saturated carbocycles. The first kappa shape index (κ1) is 12.2. The molecule has 0 atom stereocenters. The van der Waals surface area contributed by atoms with Crippen LogP contribution in [-0.4, -0.2) is 0 Å². The van der Waals surface area contributed by atoms with Crippen LogP contribution >= 0.6 is 0 Å². The summed E-state index contributed by atoms with van der Waals surface area (Å²) in [7, 11) is 0. The lowest BCUT2D eigenvalue weighted by Gasteiger charge is -2.10. The van der Waals surface area contributed by atoms with Gasteiger partial charge < -0.3 is 5.32 Å². The maximum absolute atomic E-state index is 3.68. The summed E-state index contributed by atoms with van der Waals surface area (Å²) in [5.74, 6) is 0. The molecule has 0 aliphatic heterocycles. The fourth-order valence-electron chi connectivity index (χ4n) is 1.79. The fraction of sp³-hybridized carbons (Fsp3) is 0.0588. The van der Waals surface area contributed by atoms with Gasteiger partial charge in [0.1, 0.15) is 0 Å². The lowest BCUT2D eigenvalue weighted by molar-refractivity contribution is 1.27. The second kappa shape index (κ2) is 6.45. The van der Waals surface area contributed by atoms with Crippen LogP contribution in [0.5, 0.6) is 0 Å². The van der Waals surface area contributed by atoms with E-state index in [1.807, 2.05) is 30.3 Å². The van der Waals surface area contributed by atoms with Crippen molar-refractivity contribution in [3.63, 3.8) is 0 Å². The van der Waals surface area contributed by atoms with Crippen LogP contribution in [0.4, 0.5) is 11.4 Å². The molecule has 1 nitrogen and oxygen atoms in total. The van der Waals surface area contributed by atoms with E-state index < -0.39 is 0 Å². The molecule has 0 aliphatic carbocycles. The Bertz CT molecular complexity index is 526. The van der Waals surface area contributed by atoms with Crippen LogP contribution in [0.3, 0.4) is 0 Å². The Labute approximate surface area is 108 Å². The van der Waals surface area contributed by atoms with Gasteiger partial charge in [-0.1, -0.05) is 61.2 Å². The summed E-state index contributed by atoms with van der Waals surface area (Å²) in [5, 5.41) is 3.44. The molecule has 0 heterocycles. The zero-order chi connectivity index (χ0) is 12.6. The molecule has 0 bridgehead atoms. The Kier molecular flexibility index (Phi) is 4.37. The number of hydrogen-bond donors (Lipinski definition) is 1. The van der Waals surface area contributed by atoms with E-state index in [1.54, 1.807) is 6.08 Å². The van der Waals surface area contributed by atoms with Gasteiger partial charge >= 0.3 is 0 Å². The highest BCUT2D eigenvalue weighted by molar-refractivity contribution is 5.63. The molecule has 0 aliphatic rings. The van der Waals surface area contributed by atoms with Gasteiger partial charge in [0.15, 0.2) is 0 Å². The van der Waals surface area contributed by atoms with Crippen molar-refractivity contribution in [1.82, 2.24) is 0 Å². The number of anilines is 2. The van der Waals surface area contributed by atoms with Gasteiger partial charge in [-0.2, -0.15) is 0 Å². The Morgan fingerprint density at radius 2 is 1.67 bits per heavy atom. The second-order valence-corrected chi connectivity index (χ2v) is 4.02. The van der Waals surface area contributed by atoms with Crippen molar-refractivity contribution in [3.8, 4) is 0 Å². The van der Waals surface area contributed by atoms with Gasteiger partial charge in [-0.3, -0.25) is 0 Å². The van der Waals surface area contributed by atoms with Gasteiger partial charge in [-0.15, -0.1) is 0 Å². The normalized spacial score (nSPS) is 10.4. The largest absolute Gasteiger partial charge is 0.355 e. The van der Waals surface area contributed by atoms with E-state index in [9.17, 15) is 0 Å². The quantitative estimate of drug-likeness (QED) is 0.740. The lowest BCUT2D eigenvalue weighted by Crippen LogP contribution is -1.94. The number of rotatable bonds is 5. The van der Waals surface area contributed by atoms with Crippen molar-refractivity contribution in [2.75, 3.05) is 5.32 Å². The second-order valence-electron chi connectivity index (χ2n) is 4.02. The molecule has 0 unspecified atom stereocenters. The van der Waals surface area contributed by atoms with Crippen LogP contribution in [0, 0.1) is 0 Å². The predicted molar refractivity (Wildman–Crippen MR) is 79.2 cm³/mol. The van der Waals surface area contributed by atoms with Crippen molar-refractivity contribution in [2.24, 2.45) is 0 Å². The van der Waals surface area contributed by atoms with E-state index in [-0.39, 0.29) is 0 Å². The summed E-state index contributed by atoms with van der Waals surface area (Å²) in [5.41, 5.74) is 3.54. The van der Waals surface area contributed by atoms with E-state index in [1.165, 1.54) is 5.56 Å². The predicted octanol–water partition coefficient (Wildman–Crippen LogP) is 4.71.